The van der Waals surface area contributed by atoms with Crippen molar-refractivity contribution in [1.29, 1.82) is 0 Å². The van der Waals surface area contributed by atoms with Crippen molar-refractivity contribution in [3.63, 3.8) is 0 Å². The summed E-state index contributed by atoms with van der Waals surface area (Å²) in [6.07, 6.45) is 1.97. The lowest BCUT2D eigenvalue weighted by atomic mass is 9.93. The maximum Gasteiger partial charge on any atom is 0.242 e. The molecule has 3 aromatic heterocycles. The monoisotopic (exact) mass is 820 g/mol. The normalized spacial score (nSPS) is 14.1. The number of hydrogen-bond donors (Lipinski definition) is 2. The second kappa shape index (κ2) is 14.6. The van der Waals surface area contributed by atoms with Crippen molar-refractivity contribution < 1.29 is 30.4 Å². The summed E-state index contributed by atoms with van der Waals surface area (Å²) < 4.78 is 84.0. The van der Waals surface area contributed by atoms with Gasteiger partial charge in [0.05, 0.1) is 44.7 Å². The maximum atomic E-state index is 14.6. The lowest BCUT2D eigenvalue weighted by molar-refractivity contribution is -0.122. The number of benzene rings is 3. The van der Waals surface area contributed by atoms with Crippen LogP contribution < -0.4 is 10.0 Å². The van der Waals surface area contributed by atoms with Crippen LogP contribution in [0.4, 0.5) is 14.6 Å². The number of para-hydroxylation sites is 1. The predicted molar refractivity (Wildman–Crippen MR) is 209 cm³/mol. The maximum absolute atomic E-state index is 14.6. The van der Waals surface area contributed by atoms with Crippen molar-refractivity contribution in [2.75, 3.05) is 11.0 Å². The van der Waals surface area contributed by atoms with Gasteiger partial charge in [0.15, 0.2) is 15.7 Å². The number of fused-ring (bicyclic) bond motifs is 2. The average Bonchev–Trinajstić information content (AvgIpc) is 3.84. The van der Waals surface area contributed by atoms with E-state index in [2.05, 4.69) is 37.3 Å². The van der Waals surface area contributed by atoms with Gasteiger partial charge in [0.2, 0.25) is 15.9 Å². The first kappa shape index (κ1) is 38.8. The zero-order valence-electron chi connectivity index (χ0n) is 30.5. The number of nitrogens with one attached hydrogen (secondary N) is 2. The van der Waals surface area contributed by atoms with Crippen molar-refractivity contribution in [2.24, 2.45) is 7.05 Å². The smallest absolute Gasteiger partial charge is 0.242 e. The minimum atomic E-state index is -3.77. The highest BCUT2D eigenvalue weighted by Gasteiger charge is 2.45. The van der Waals surface area contributed by atoms with Gasteiger partial charge in [-0.1, -0.05) is 40.9 Å². The molecular weight excluding hydrogens is 786 g/mol. The number of pyridine rings is 1. The molecule has 1 amide bonds. The molecule has 0 saturated heterocycles. The number of rotatable bonds is 11. The number of sulfonamides is 1. The molecule has 3 aromatic carbocycles. The standard InChI is InChI=1S/C38H35ClF2N8O5S2/c1-38(2,56(53,54)26-10-11-26)16-15-25-9-12-27(28-13-14-29(39)34-36(28)48(3)45-37(34)46-55(4,51)52)35(42-25)31(19-22-17-23(40)20-24(41)18-22)43-33(50)21-49-32-8-6-5-7-30(32)44-47-49/h5-9,12-14,17-18,20,26,31H,10-11,19,21H2,1-4H3,(H,43,50)(H,45,46)/t31-/m0/s1. The summed E-state index contributed by atoms with van der Waals surface area (Å²) in [5.41, 5.74) is 2.99. The van der Waals surface area contributed by atoms with Crippen LogP contribution in [0.25, 0.3) is 33.1 Å². The molecule has 0 spiro atoms. The lowest BCUT2D eigenvalue weighted by Crippen LogP contribution is -2.34. The van der Waals surface area contributed by atoms with Gasteiger partial charge in [-0.15, -0.1) is 5.10 Å². The van der Waals surface area contributed by atoms with Crippen LogP contribution in [0.3, 0.4) is 0 Å². The number of halogens is 3. The Morgan fingerprint density at radius 1 is 1.02 bits per heavy atom. The molecule has 0 radical (unpaired) electrons. The molecule has 0 aliphatic heterocycles. The van der Waals surface area contributed by atoms with Crippen molar-refractivity contribution >= 4 is 65.1 Å². The van der Waals surface area contributed by atoms with Crippen LogP contribution in [0.15, 0.2) is 66.7 Å². The highest BCUT2D eigenvalue weighted by atomic mass is 35.5. The third kappa shape index (κ3) is 7.95. The fraction of sp³-hybridized carbons (Fsp3) is 0.289. The third-order valence-electron chi connectivity index (χ3n) is 9.34. The van der Waals surface area contributed by atoms with Gasteiger partial charge in [0.25, 0.3) is 0 Å². The van der Waals surface area contributed by atoms with E-state index in [1.807, 2.05) is 0 Å². The van der Waals surface area contributed by atoms with E-state index >= 15 is 0 Å². The summed E-state index contributed by atoms with van der Waals surface area (Å²) >= 11 is 6.64. The fourth-order valence-electron chi connectivity index (χ4n) is 6.55. The molecule has 2 N–H and O–H groups in total. The van der Waals surface area contributed by atoms with E-state index in [9.17, 15) is 30.4 Å². The van der Waals surface area contributed by atoms with E-state index in [-0.39, 0.29) is 46.1 Å². The zero-order chi connectivity index (χ0) is 40.2. The van der Waals surface area contributed by atoms with Gasteiger partial charge in [0, 0.05) is 24.2 Å². The van der Waals surface area contributed by atoms with Crippen molar-refractivity contribution in [3.05, 3.63) is 100 Å². The van der Waals surface area contributed by atoms with Crippen LogP contribution in [-0.4, -0.2) is 68.8 Å². The number of amides is 1. The first-order chi connectivity index (χ1) is 26.4. The zero-order valence-corrected chi connectivity index (χ0v) is 32.9. The second-order valence-electron chi connectivity index (χ2n) is 14.1. The molecule has 1 aliphatic carbocycles. The van der Waals surface area contributed by atoms with E-state index in [1.165, 1.54) is 23.2 Å². The van der Waals surface area contributed by atoms with Crippen molar-refractivity contribution in [3.8, 4) is 23.0 Å². The first-order valence-corrected chi connectivity index (χ1v) is 21.2. The molecule has 1 aliphatic rings. The van der Waals surface area contributed by atoms with Crippen LogP contribution in [-0.2, 0) is 44.7 Å². The number of aryl methyl sites for hydroxylation is 1. The molecule has 0 unspecified atom stereocenters. The first-order valence-electron chi connectivity index (χ1n) is 17.3. The SMILES string of the molecule is Cn1nc(NS(C)(=O)=O)c2c(Cl)ccc(-c3ccc(C#CC(C)(C)S(=O)(=O)C4CC4)nc3[C@H](Cc3cc(F)cc(F)c3)NC(=O)Cn3nnc4ccccc43)c21. The Bertz CT molecular complexity index is 2830. The number of aromatic nitrogens is 6. The predicted octanol–water partition coefficient (Wildman–Crippen LogP) is 5.49. The van der Waals surface area contributed by atoms with Crippen LogP contribution in [0, 0.1) is 23.5 Å². The topological polar surface area (TPSA) is 171 Å². The lowest BCUT2D eigenvalue weighted by Gasteiger charge is -2.23. The van der Waals surface area contributed by atoms with Crippen molar-refractivity contribution in [2.45, 2.75) is 55.7 Å². The minimum Gasteiger partial charge on any atom is -0.346 e. The molecule has 0 bridgehead atoms. The minimum absolute atomic E-state index is 0.0203. The van der Waals surface area contributed by atoms with Gasteiger partial charge >= 0.3 is 0 Å². The molecule has 290 valence electrons. The Kier molecular flexibility index (Phi) is 10.1. The molecule has 6 aromatic rings. The quantitative estimate of drug-likeness (QED) is 0.161. The number of anilines is 1. The van der Waals surface area contributed by atoms with Crippen LogP contribution in [0.2, 0.25) is 5.02 Å². The largest absolute Gasteiger partial charge is 0.346 e. The highest BCUT2D eigenvalue weighted by molar-refractivity contribution is 7.93. The third-order valence-corrected chi connectivity index (χ3v) is 13.1. The Labute approximate surface area is 326 Å². The van der Waals surface area contributed by atoms with E-state index in [1.54, 1.807) is 55.6 Å². The summed E-state index contributed by atoms with van der Waals surface area (Å²) in [6.45, 7) is 2.80. The van der Waals surface area contributed by atoms with Gasteiger partial charge in [-0.2, -0.15) is 5.10 Å². The summed E-state index contributed by atoms with van der Waals surface area (Å²) in [7, 11) is -5.75. The molecule has 7 rings (SSSR count). The Morgan fingerprint density at radius 3 is 2.41 bits per heavy atom. The van der Waals surface area contributed by atoms with Crippen LogP contribution in [0.1, 0.15) is 49.7 Å². The Balaban J connectivity index is 1.41. The van der Waals surface area contributed by atoms with Gasteiger partial charge in [-0.25, -0.2) is 35.3 Å². The summed E-state index contributed by atoms with van der Waals surface area (Å²) in [5.74, 6) is 3.59. The Morgan fingerprint density at radius 2 is 1.71 bits per heavy atom. The van der Waals surface area contributed by atoms with Crippen molar-refractivity contribution in [1.82, 2.24) is 35.1 Å². The molecule has 3 heterocycles. The molecule has 1 atom stereocenters. The average molecular weight is 821 g/mol. The molecule has 18 heteroatoms. The molecule has 13 nitrogen and oxygen atoms in total. The highest BCUT2D eigenvalue weighted by Crippen LogP contribution is 2.40. The summed E-state index contributed by atoms with van der Waals surface area (Å²) in [4.78, 5) is 18.8. The summed E-state index contributed by atoms with van der Waals surface area (Å²) in [5, 5.41) is 15.6. The summed E-state index contributed by atoms with van der Waals surface area (Å²) in [6, 6.07) is 15.5. The molecule has 1 fully saturated rings. The number of hydrogen-bond acceptors (Lipinski definition) is 9. The second-order valence-corrected chi connectivity index (χ2v) is 19.1. The Hall–Kier alpha value is -5.44. The van der Waals surface area contributed by atoms with E-state index in [0.717, 1.165) is 24.5 Å². The van der Waals surface area contributed by atoms with Gasteiger partial charge in [-0.05, 0) is 87.1 Å². The van der Waals surface area contributed by atoms with Crippen LogP contribution >= 0.6 is 11.6 Å². The number of carbonyl (C=O) groups excluding carboxylic acids is 1. The number of sulfone groups is 1. The van der Waals surface area contributed by atoms with E-state index < -0.39 is 53.4 Å². The van der Waals surface area contributed by atoms with E-state index in [4.69, 9.17) is 16.6 Å². The van der Waals surface area contributed by atoms with Gasteiger partial charge < -0.3 is 5.32 Å². The van der Waals surface area contributed by atoms with E-state index in [0.29, 0.717) is 40.5 Å². The molecule has 1 saturated carbocycles. The van der Waals surface area contributed by atoms with Crippen LogP contribution in [0.5, 0.6) is 0 Å². The van der Waals surface area contributed by atoms with Gasteiger partial charge in [0.1, 0.15) is 34.1 Å². The molecular formula is C38H35ClF2N8O5S2. The molecule has 56 heavy (non-hydrogen) atoms. The fourth-order valence-corrected chi connectivity index (χ4v) is 9.07. The van der Waals surface area contributed by atoms with Gasteiger partial charge in [-0.3, -0.25) is 14.2 Å². The number of carbonyl (C=O) groups is 1. The number of nitrogens with zero attached hydrogens (tertiary/aromatic N) is 6.